The standard InChI is InChI=1S/C15H22N6/c1-3-11-7-14(21-15(19-11)16-9-17-21)18-12-6-10(2)20(8-12)13-4-5-13/h7,9-10,12-13,18H,3-6,8H2,1-2H3. The second-order valence-electron chi connectivity index (χ2n) is 6.31. The fraction of sp³-hybridized carbons (Fsp3) is 0.667. The van der Waals surface area contributed by atoms with Crippen LogP contribution in [0.15, 0.2) is 12.4 Å². The lowest BCUT2D eigenvalue weighted by Crippen LogP contribution is -2.31. The summed E-state index contributed by atoms with van der Waals surface area (Å²) in [5, 5.41) is 7.96. The van der Waals surface area contributed by atoms with E-state index in [4.69, 9.17) is 0 Å². The van der Waals surface area contributed by atoms with Crippen LogP contribution in [-0.2, 0) is 6.42 Å². The molecule has 0 bridgehead atoms. The second-order valence-corrected chi connectivity index (χ2v) is 6.31. The molecule has 1 aliphatic carbocycles. The number of nitrogens with zero attached hydrogens (tertiary/aromatic N) is 5. The Morgan fingerprint density at radius 1 is 1.38 bits per heavy atom. The van der Waals surface area contributed by atoms with Crippen LogP contribution < -0.4 is 5.32 Å². The van der Waals surface area contributed by atoms with Gasteiger partial charge in [-0.05, 0) is 32.6 Å². The van der Waals surface area contributed by atoms with Gasteiger partial charge in [0.05, 0.1) is 0 Å². The first-order valence-corrected chi connectivity index (χ1v) is 7.96. The van der Waals surface area contributed by atoms with Crippen LogP contribution in [0.25, 0.3) is 5.78 Å². The molecule has 6 heteroatoms. The molecule has 0 spiro atoms. The van der Waals surface area contributed by atoms with Gasteiger partial charge in [-0.1, -0.05) is 6.92 Å². The first-order valence-electron chi connectivity index (χ1n) is 7.96. The zero-order valence-electron chi connectivity index (χ0n) is 12.7. The van der Waals surface area contributed by atoms with Gasteiger partial charge in [0.2, 0.25) is 0 Å². The third-order valence-corrected chi connectivity index (χ3v) is 4.66. The van der Waals surface area contributed by atoms with Gasteiger partial charge in [-0.25, -0.2) is 4.98 Å². The number of anilines is 1. The highest BCUT2D eigenvalue weighted by Crippen LogP contribution is 2.34. The average Bonchev–Trinajstić information content (AvgIpc) is 3.09. The predicted octanol–water partition coefficient (Wildman–Crippen LogP) is 1.72. The molecule has 1 saturated heterocycles. The highest BCUT2D eigenvalue weighted by molar-refractivity contribution is 5.46. The minimum atomic E-state index is 0.486. The summed E-state index contributed by atoms with van der Waals surface area (Å²) < 4.78 is 1.81. The van der Waals surface area contributed by atoms with Crippen molar-refractivity contribution in [2.45, 2.75) is 57.7 Å². The van der Waals surface area contributed by atoms with Gasteiger partial charge in [-0.2, -0.15) is 14.6 Å². The maximum absolute atomic E-state index is 4.50. The maximum Gasteiger partial charge on any atom is 0.254 e. The summed E-state index contributed by atoms with van der Waals surface area (Å²) in [6, 6.07) is 4.10. The number of hydrogen-bond donors (Lipinski definition) is 1. The summed E-state index contributed by atoms with van der Waals surface area (Å²) in [4.78, 5) is 11.4. The smallest absolute Gasteiger partial charge is 0.254 e. The molecule has 2 atom stereocenters. The SMILES string of the molecule is CCc1cc(NC2CC(C)N(C3CC3)C2)n2ncnc2n1. The molecule has 0 aromatic carbocycles. The lowest BCUT2D eigenvalue weighted by molar-refractivity contribution is 0.257. The molecule has 3 heterocycles. The van der Waals surface area contributed by atoms with Gasteiger partial charge in [0.1, 0.15) is 12.1 Å². The van der Waals surface area contributed by atoms with Gasteiger partial charge in [0, 0.05) is 36.4 Å². The molecule has 2 aromatic rings. The first-order chi connectivity index (χ1) is 10.2. The van der Waals surface area contributed by atoms with Crippen LogP contribution in [0.3, 0.4) is 0 Å². The third kappa shape index (κ3) is 2.37. The minimum absolute atomic E-state index is 0.486. The van der Waals surface area contributed by atoms with Crippen molar-refractivity contribution in [3.8, 4) is 0 Å². The van der Waals surface area contributed by atoms with Crippen LogP contribution in [-0.4, -0.2) is 49.2 Å². The van der Waals surface area contributed by atoms with Gasteiger partial charge in [-0.3, -0.25) is 4.90 Å². The molecular weight excluding hydrogens is 264 g/mol. The third-order valence-electron chi connectivity index (χ3n) is 4.66. The number of hydrogen-bond acceptors (Lipinski definition) is 5. The maximum atomic E-state index is 4.50. The van der Waals surface area contributed by atoms with Gasteiger partial charge < -0.3 is 5.32 Å². The lowest BCUT2D eigenvalue weighted by Gasteiger charge is -2.20. The Labute approximate surface area is 124 Å². The van der Waals surface area contributed by atoms with Gasteiger partial charge in [0.25, 0.3) is 5.78 Å². The van der Waals surface area contributed by atoms with Crippen LogP contribution in [0.5, 0.6) is 0 Å². The molecule has 2 unspecified atom stereocenters. The molecule has 6 nitrogen and oxygen atoms in total. The Hall–Kier alpha value is -1.69. The van der Waals surface area contributed by atoms with Gasteiger partial charge in [-0.15, -0.1) is 0 Å². The topological polar surface area (TPSA) is 58.4 Å². The fourth-order valence-electron chi connectivity index (χ4n) is 3.43. The van der Waals surface area contributed by atoms with E-state index in [0.717, 1.165) is 30.5 Å². The zero-order chi connectivity index (χ0) is 14.4. The Bertz CT molecular complexity index is 647. The van der Waals surface area contributed by atoms with Crippen molar-refractivity contribution in [1.29, 1.82) is 0 Å². The van der Waals surface area contributed by atoms with Crippen molar-refractivity contribution in [2.24, 2.45) is 0 Å². The Morgan fingerprint density at radius 3 is 3.00 bits per heavy atom. The van der Waals surface area contributed by atoms with Crippen molar-refractivity contribution in [3.63, 3.8) is 0 Å². The van der Waals surface area contributed by atoms with Crippen molar-refractivity contribution < 1.29 is 0 Å². The average molecular weight is 286 g/mol. The van der Waals surface area contributed by atoms with Crippen molar-refractivity contribution >= 4 is 11.6 Å². The second kappa shape index (κ2) is 4.94. The molecule has 112 valence electrons. The van der Waals surface area contributed by atoms with E-state index in [1.54, 1.807) is 6.33 Å². The summed E-state index contributed by atoms with van der Waals surface area (Å²) in [7, 11) is 0. The van der Waals surface area contributed by atoms with Crippen LogP contribution in [0.4, 0.5) is 5.82 Å². The lowest BCUT2D eigenvalue weighted by atomic mass is 10.2. The number of rotatable bonds is 4. The molecule has 1 aliphatic heterocycles. The van der Waals surface area contributed by atoms with Crippen LogP contribution in [0.2, 0.25) is 0 Å². The fourth-order valence-corrected chi connectivity index (χ4v) is 3.43. The molecule has 1 saturated carbocycles. The van der Waals surface area contributed by atoms with Crippen molar-refractivity contribution in [1.82, 2.24) is 24.5 Å². The van der Waals surface area contributed by atoms with Gasteiger partial charge >= 0.3 is 0 Å². The molecule has 0 radical (unpaired) electrons. The van der Waals surface area contributed by atoms with E-state index in [1.165, 1.54) is 19.3 Å². The van der Waals surface area contributed by atoms with Crippen LogP contribution >= 0.6 is 0 Å². The van der Waals surface area contributed by atoms with E-state index in [0.29, 0.717) is 17.9 Å². The number of fused-ring (bicyclic) bond motifs is 1. The van der Waals surface area contributed by atoms with E-state index >= 15 is 0 Å². The Kier molecular flexibility index (Phi) is 3.06. The number of nitrogens with one attached hydrogen (secondary N) is 1. The Morgan fingerprint density at radius 2 is 2.24 bits per heavy atom. The summed E-state index contributed by atoms with van der Waals surface area (Å²) >= 11 is 0. The molecule has 2 fully saturated rings. The molecule has 0 amide bonds. The molecule has 2 aromatic heterocycles. The minimum Gasteiger partial charge on any atom is -0.366 e. The summed E-state index contributed by atoms with van der Waals surface area (Å²) in [5.41, 5.74) is 1.06. The highest BCUT2D eigenvalue weighted by atomic mass is 15.4. The summed E-state index contributed by atoms with van der Waals surface area (Å²) in [6.45, 7) is 5.59. The number of aryl methyl sites for hydroxylation is 1. The molecule has 1 N–H and O–H groups in total. The quantitative estimate of drug-likeness (QED) is 0.927. The number of aromatic nitrogens is 4. The van der Waals surface area contributed by atoms with Crippen LogP contribution in [0, 0.1) is 0 Å². The Balaban J connectivity index is 1.58. The van der Waals surface area contributed by atoms with E-state index in [1.807, 2.05) is 4.52 Å². The zero-order valence-corrected chi connectivity index (χ0v) is 12.7. The van der Waals surface area contributed by atoms with E-state index in [2.05, 4.69) is 45.2 Å². The van der Waals surface area contributed by atoms with Gasteiger partial charge in [0.15, 0.2) is 0 Å². The number of likely N-dealkylation sites (tertiary alicyclic amines) is 1. The predicted molar refractivity (Wildman–Crippen MR) is 81.4 cm³/mol. The van der Waals surface area contributed by atoms with Crippen LogP contribution in [0.1, 0.15) is 38.8 Å². The van der Waals surface area contributed by atoms with Crippen molar-refractivity contribution in [2.75, 3.05) is 11.9 Å². The molecular formula is C15H22N6. The molecule has 21 heavy (non-hydrogen) atoms. The normalized spacial score (nSPS) is 26.6. The highest BCUT2D eigenvalue weighted by Gasteiger charge is 2.38. The van der Waals surface area contributed by atoms with Crippen molar-refractivity contribution in [3.05, 3.63) is 18.1 Å². The monoisotopic (exact) mass is 286 g/mol. The molecule has 2 aliphatic rings. The summed E-state index contributed by atoms with van der Waals surface area (Å²) in [5.74, 6) is 1.70. The largest absolute Gasteiger partial charge is 0.366 e. The molecule has 4 rings (SSSR count). The summed E-state index contributed by atoms with van der Waals surface area (Å²) in [6.07, 6.45) is 6.42. The first kappa shape index (κ1) is 13.0. The van der Waals surface area contributed by atoms with E-state index < -0.39 is 0 Å². The van der Waals surface area contributed by atoms with E-state index in [-0.39, 0.29) is 0 Å². The van der Waals surface area contributed by atoms with E-state index in [9.17, 15) is 0 Å².